The third kappa shape index (κ3) is 2.03. The van der Waals surface area contributed by atoms with E-state index in [2.05, 4.69) is 4.99 Å². The zero-order valence-corrected chi connectivity index (χ0v) is 10.3. The first-order valence-electron chi connectivity index (χ1n) is 4.64. The number of hydrogen-bond acceptors (Lipinski definition) is 4. The van der Waals surface area contributed by atoms with Crippen molar-refractivity contribution in [2.24, 2.45) is 4.99 Å². The Morgan fingerprint density at radius 1 is 1.47 bits per heavy atom. The molecule has 1 aliphatic rings. The topological polar surface area (TPSA) is 69.9 Å². The van der Waals surface area contributed by atoms with E-state index < -0.39 is 11.0 Å². The minimum Gasteiger partial charge on any atom is -0.505 e. The quantitative estimate of drug-likeness (QED) is 0.626. The van der Waals surface area contributed by atoms with E-state index in [0.717, 1.165) is 4.90 Å². The molecule has 1 aliphatic heterocycles. The summed E-state index contributed by atoms with van der Waals surface area (Å²) in [5, 5.41) is 19.2. The second kappa shape index (κ2) is 4.43. The summed E-state index contributed by atoms with van der Waals surface area (Å²) in [7, 11) is 0. The van der Waals surface area contributed by atoms with Gasteiger partial charge in [-0.3, -0.25) is 0 Å². The summed E-state index contributed by atoms with van der Waals surface area (Å²) in [6.45, 7) is 0. The highest BCUT2D eigenvalue weighted by molar-refractivity contribution is 7.98. The summed E-state index contributed by atoms with van der Waals surface area (Å²) in [6.07, 6.45) is 1.91. The van der Waals surface area contributed by atoms with Crippen LogP contribution in [0.3, 0.4) is 0 Å². The maximum Gasteiger partial charge on any atom is 0.349 e. The number of nitrogens with zero attached hydrogens (tertiary/aromatic N) is 1. The Hall–Kier alpha value is -1.46. The highest BCUT2D eigenvalue weighted by Crippen LogP contribution is 2.20. The van der Waals surface area contributed by atoms with Gasteiger partial charge in [-0.05, 0) is 24.5 Å². The van der Waals surface area contributed by atoms with Crippen molar-refractivity contribution in [1.29, 1.82) is 0 Å². The third-order valence-electron chi connectivity index (χ3n) is 2.31. The van der Waals surface area contributed by atoms with Gasteiger partial charge in [0.1, 0.15) is 5.70 Å². The number of benzene rings is 1. The first kappa shape index (κ1) is 12.0. The third-order valence-corrected chi connectivity index (χ3v) is 3.38. The summed E-state index contributed by atoms with van der Waals surface area (Å²) in [4.78, 5) is 15.7. The van der Waals surface area contributed by atoms with Crippen LogP contribution in [0.1, 0.15) is 0 Å². The van der Waals surface area contributed by atoms with Crippen LogP contribution in [0.5, 0.6) is 0 Å². The molecule has 0 amide bonds. The molecule has 2 N–H and O–H groups in total. The van der Waals surface area contributed by atoms with Crippen molar-refractivity contribution in [3.05, 3.63) is 39.5 Å². The number of aliphatic hydroxyl groups excluding tert-OH is 1. The van der Waals surface area contributed by atoms with Gasteiger partial charge < -0.3 is 10.2 Å². The average molecular weight is 270 g/mol. The first-order chi connectivity index (χ1) is 8.04. The standard InChI is InChI=1S/C11H8ClNO3S/c1-17-5-2-3-7-6(4-5)10(14)9(13-7)8(12)11(15)16/h2-4,14H,1H3,(H,15,16). The lowest BCUT2D eigenvalue weighted by atomic mass is 10.2. The van der Waals surface area contributed by atoms with Gasteiger partial charge >= 0.3 is 5.97 Å². The fourth-order valence-corrected chi connectivity index (χ4v) is 2.06. The van der Waals surface area contributed by atoms with E-state index in [1.165, 1.54) is 11.8 Å². The Labute approximate surface area is 106 Å². The van der Waals surface area contributed by atoms with Crippen molar-refractivity contribution >= 4 is 35.1 Å². The van der Waals surface area contributed by atoms with Gasteiger partial charge in [0.05, 0.1) is 5.36 Å². The molecule has 4 nitrogen and oxygen atoms in total. The number of fused-ring (bicyclic) bond motifs is 1. The molecule has 0 fully saturated rings. The average Bonchev–Trinajstić information content (AvgIpc) is 2.65. The smallest absolute Gasteiger partial charge is 0.349 e. The fourth-order valence-electron chi connectivity index (χ4n) is 1.48. The molecular formula is C11H8ClNO3S. The number of aliphatic carboxylic acids is 1. The Morgan fingerprint density at radius 2 is 2.18 bits per heavy atom. The normalized spacial score (nSPS) is 16.5. The number of hydrogen-bond donors (Lipinski definition) is 2. The van der Waals surface area contributed by atoms with Gasteiger partial charge in [-0.1, -0.05) is 11.6 Å². The summed E-state index contributed by atoms with van der Waals surface area (Å²) < 4.78 is 0. The van der Waals surface area contributed by atoms with E-state index in [1.807, 2.05) is 12.3 Å². The van der Waals surface area contributed by atoms with E-state index in [-0.39, 0.29) is 11.5 Å². The Balaban J connectivity index is 2.74. The number of thioether (sulfide) groups is 1. The summed E-state index contributed by atoms with van der Waals surface area (Å²) in [6, 6.07) is 5.31. The molecule has 88 valence electrons. The number of carbonyl (C=O) groups is 1. The molecule has 0 saturated heterocycles. The highest BCUT2D eigenvalue weighted by Gasteiger charge is 2.19. The molecule has 0 unspecified atom stereocenters. The van der Waals surface area contributed by atoms with E-state index in [4.69, 9.17) is 16.7 Å². The lowest BCUT2D eigenvalue weighted by Gasteiger charge is -1.96. The van der Waals surface area contributed by atoms with E-state index in [0.29, 0.717) is 10.6 Å². The van der Waals surface area contributed by atoms with Crippen LogP contribution in [0.25, 0.3) is 5.76 Å². The zero-order valence-electron chi connectivity index (χ0n) is 8.77. The van der Waals surface area contributed by atoms with Gasteiger partial charge in [0.15, 0.2) is 10.8 Å². The van der Waals surface area contributed by atoms with E-state index in [9.17, 15) is 9.90 Å². The number of rotatable bonds is 2. The minimum absolute atomic E-state index is 0.0904. The highest BCUT2D eigenvalue weighted by atomic mass is 35.5. The lowest BCUT2D eigenvalue weighted by molar-refractivity contribution is -0.131. The number of halogens is 1. The summed E-state index contributed by atoms with van der Waals surface area (Å²) >= 11 is 7.10. The molecule has 0 spiro atoms. The monoisotopic (exact) mass is 269 g/mol. The van der Waals surface area contributed by atoms with Gasteiger partial charge in [-0.15, -0.1) is 11.8 Å². The Morgan fingerprint density at radius 3 is 2.76 bits per heavy atom. The van der Waals surface area contributed by atoms with E-state index >= 15 is 0 Å². The SMILES string of the molecule is CSc1ccc2c(c1)=C(O)C(=C(Cl)C(=O)O)N=2. The van der Waals surface area contributed by atoms with Crippen LogP contribution in [-0.2, 0) is 4.79 Å². The second-order valence-electron chi connectivity index (χ2n) is 3.31. The van der Waals surface area contributed by atoms with Crippen LogP contribution in [0, 0.1) is 0 Å². The van der Waals surface area contributed by atoms with Crippen molar-refractivity contribution < 1.29 is 15.0 Å². The van der Waals surface area contributed by atoms with E-state index in [1.54, 1.807) is 12.1 Å². The predicted molar refractivity (Wildman–Crippen MR) is 65.6 cm³/mol. The zero-order chi connectivity index (χ0) is 12.6. The van der Waals surface area contributed by atoms with Crippen LogP contribution in [0.15, 0.2) is 38.8 Å². The Kier molecular flexibility index (Phi) is 3.13. The fraction of sp³-hybridized carbons (Fsp3) is 0.0909. The largest absolute Gasteiger partial charge is 0.505 e. The van der Waals surface area contributed by atoms with Crippen LogP contribution in [0.4, 0.5) is 0 Å². The molecule has 6 heteroatoms. The predicted octanol–water partition coefficient (Wildman–Crippen LogP) is 1.24. The van der Waals surface area contributed by atoms with Crippen molar-refractivity contribution in [2.45, 2.75) is 4.90 Å². The molecule has 1 aromatic rings. The molecule has 0 aliphatic carbocycles. The van der Waals surface area contributed by atoms with Crippen LogP contribution < -0.4 is 10.6 Å². The van der Waals surface area contributed by atoms with Crippen molar-refractivity contribution in [3.8, 4) is 0 Å². The number of carboxylic acid groups (broad SMARTS) is 1. The lowest BCUT2D eigenvalue weighted by Crippen LogP contribution is -2.22. The number of aliphatic hydroxyl groups is 1. The van der Waals surface area contributed by atoms with Crippen molar-refractivity contribution in [2.75, 3.05) is 6.26 Å². The molecular weight excluding hydrogens is 262 g/mol. The number of carboxylic acids is 1. The maximum absolute atomic E-state index is 10.7. The van der Waals surface area contributed by atoms with Crippen LogP contribution in [0.2, 0.25) is 0 Å². The molecule has 2 rings (SSSR count). The minimum atomic E-state index is -1.31. The molecule has 1 aromatic carbocycles. The van der Waals surface area contributed by atoms with Gasteiger partial charge in [-0.2, -0.15) is 0 Å². The summed E-state index contributed by atoms with van der Waals surface area (Å²) in [5.41, 5.74) is -0.0904. The van der Waals surface area contributed by atoms with Gasteiger partial charge in [0, 0.05) is 10.1 Å². The van der Waals surface area contributed by atoms with Gasteiger partial charge in [-0.25, -0.2) is 9.79 Å². The molecule has 0 aromatic heterocycles. The molecule has 0 radical (unpaired) electrons. The summed E-state index contributed by atoms with van der Waals surface area (Å²) in [5.74, 6) is -1.50. The molecule has 0 bridgehead atoms. The van der Waals surface area contributed by atoms with Crippen molar-refractivity contribution in [3.63, 3.8) is 0 Å². The second-order valence-corrected chi connectivity index (χ2v) is 4.57. The van der Waals surface area contributed by atoms with Crippen LogP contribution >= 0.6 is 23.4 Å². The molecule has 1 heterocycles. The van der Waals surface area contributed by atoms with Gasteiger partial charge in [0.25, 0.3) is 0 Å². The molecule has 0 saturated carbocycles. The van der Waals surface area contributed by atoms with Crippen molar-refractivity contribution in [1.82, 2.24) is 0 Å². The Bertz CT molecular complexity index is 651. The maximum atomic E-state index is 10.7. The first-order valence-corrected chi connectivity index (χ1v) is 6.24. The molecule has 17 heavy (non-hydrogen) atoms. The van der Waals surface area contributed by atoms with Gasteiger partial charge in [0.2, 0.25) is 0 Å². The van der Waals surface area contributed by atoms with Crippen LogP contribution in [-0.4, -0.2) is 22.4 Å². The molecule has 0 atom stereocenters.